The monoisotopic (exact) mass is 283 g/mol. The summed E-state index contributed by atoms with van der Waals surface area (Å²) >= 11 is 0. The van der Waals surface area contributed by atoms with E-state index in [1.165, 1.54) is 18.4 Å². The predicted molar refractivity (Wildman–Crippen MR) is 84.9 cm³/mol. The van der Waals surface area contributed by atoms with Gasteiger partial charge in [-0.2, -0.15) is 10.1 Å². The van der Waals surface area contributed by atoms with Crippen LogP contribution in [0.4, 0.5) is 17.5 Å². The molecular weight excluding hydrogens is 262 g/mol. The van der Waals surface area contributed by atoms with Crippen LogP contribution in [-0.4, -0.2) is 28.3 Å². The van der Waals surface area contributed by atoms with Crippen LogP contribution < -0.4 is 10.2 Å². The van der Waals surface area contributed by atoms with E-state index in [0.29, 0.717) is 5.92 Å². The van der Waals surface area contributed by atoms with Gasteiger partial charge in [-0.3, -0.25) is 0 Å². The van der Waals surface area contributed by atoms with Crippen LogP contribution in [0.1, 0.15) is 25.3 Å². The Hall–Kier alpha value is -2.17. The molecule has 1 fully saturated rings. The van der Waals surface area contributed by atoms with Gasteiger partial charge in [0.25, 0.3) is 0 Å². The summed E-state index contributed by atoms with van der Waals surface area (Å²) in [5.41, 5.74) is 2.24. The Morgan fingerprint density at radius 1 is 1.29 bits per heavy atom. The highest BCUT2D eigenvalue weighted by Crippen LogP contribution is 2.22. The van der Waals surface area contributed by atoms with Gasteiger partial charge in [0, 0.05) is 18.8 Å². The molecule has 21 heavy (non-hydrogen) atoms. The topological polar surface area (TPSA) is 53.9 Å². The highest BCUT2D eigenvalue weighted by atomic mass is 15.3. The molecule has 3 rings (SSSR count). The van der Waals surface area contributed by atoms with E-state index in [2.05, 4.69) is 45.3 Å². The molecule has 0 amide bonds. The van der Waals surface area contributed by atoms with Crippen LogP contribution in [0.5, 0.6) is 0 Å². The Morgan fingerprint density at radius 2 is 2.14 bits per heavy atom. The molecule has 0 radical (unpaired) electrons. The highest BCUT2D eigenvalue weighted by Gasteiger charge is 2.19. The first-order valence-electron chi connectivity index (χ1n) is 7.49. The molecular formula is C16H21N5. The molecule has 1 N–H and O–H groups in total. The summed E-state index contributed by atoms with van der Waals surface area (Å²) in [5, 5.41) is 11.6. The fraction of sp³-hybridized carbons (Fsp3) is 0.438. The van der Waals surface area contributed by atoms with Gasteiger partial charge in [0.05, 0.1) is 6.20 Å². The third kappa shape index (κ3) is 3.29. The number of benzene rings is 1. The van der Waals surface area contributed by atoms with E-state index >= 15 is 0 Å². The third-order valence-electron chi connectivity index (χ3n) is 3.90. The van der Waals surface area contributed by atoms with Crippen LogP contribution in [0.3, 0.4) is 0 Å². The highest BCUT2D eigenvalue weighted by molar-refractivity contribution is 5.60. The van der Waals surface area contributed by atoms with Gasteiger partial charge in [-0.1, -0.05) is 25.1 Å². The molecule has 1 aromatic heterocycles. The van der Waals surface area contributed by atoms with E-state index in [1.807, 2.05) is 18.2 Å². The van der Waals surface area contributed by atoms with Gasteiger partial charge in [-0.25, -0.2) is 0 Å². The molecule has 0 bridgehead atoms. The Bertz CT molecular complexity index is 613. The van der Waals surface area contributed by atoms with Crippen molar-refractivity contribution in [1.82, 2.24) is 15.2 Å². The maximum Gasteiger partial charge on any atom is 0.247 e. The minimum absolute atomic E-state index is 0.690. The minimum atomic E-state index is 0.690. The summed E-state index contributed by atoms with van der Waals surface area (Å²) in [4.78, 5) is 6.83. The number of hydrogen-bond donors (Lipinski definition) is 1. The van der Waals surface area contributed by atoms with Gasteiger partial charge in [-0.05, 0) is 37.3 Å². The third-order valence-corrected chi connectivity index (χ3v) is 3.90. The smallest absolute Gasteiger partial charge is 0.247 e. The van der Waals surface area contributed by atoms with Crippen LogP contribution in [0.2, 0.25) is 0 Å². The van der Waals surface area contributed by atoms with Gasteiger partial charge < -0.3 is 10.2 Å². The molecule has 2 heterocycles. The summed E-state index contributed by atoms with van der Waals surface area (Å²) in [6.45, 7) is 6.37. The summed E-state index contributed by atoms with van der Waals surface area (Å²) in [7, 11) is 0. The molecule has 1 unspecified atom stereocenters. The summed E-state index contributed by atoms with van der Waals surface area (Å²) in [5.74, 6) is 2.16. The van der Waals surface area contributed by atoms with Crippen molar-refractivity contribution in [3.63, 3.8) is 0 Å². The largest absolute Gasteiger partial charge is 0.339 e. The van der Waals surface area contributed by atoms with Crippen molar-refractivity contribution in [2.24, 2.45) is 5.92 Å². The van der Waals surface area contributed by atoms with E-state index < -0.39 is 0 Å². The van der Waals surface area contributed by atoms with E-state index in [0.717, 1.165) is 30.5 Å². The lowest BCUT2D eigenvalue weighted by atomic mass is 10.0. The van der Waals surface area contributed by atoms with Crippen molar-refractivity contribution in [2.45, 2.75) is 26.7 Å². The van der Waals surface area contributed by atoms with Gasteiger partial charge in [0.2, 0.25) is 5.95 Å². The predicted octanol–water partition coefficient (Wildman–Crippen LogP) is 3.16. The summed E-state index contributed by atoms with van der Waals surface area (Å²) < 4.78 is 0. The number of aromatic nitrogens is 3. The molecule has 0 aliphatic carbocycles. The van der Waals surface area contributed by atoms with Crippen LogP contribution in [0, 0.1) is 12.8 Å². The Labute approximate surface area is 125 Å². The molecule has 0 spiro atoms. The van der Waals surface area contributed by atoms with Crippen molar-refractivity contribution in [3.8, 4) is 0 Å². The minimum Gasteiger partial charge on any atom is -0.339 e. The summed E-state index contributed by atoms with van der Waals surface area (Å²) in [6.07, 6.45) is 4.15. The molecule has 0 saturated carbocycles. The second-order valence-electron chi connectivity index (χ2n) is 5.77. The van der Waals surface area contributed by atoms with Gasteiger partial charge in [-0.15, -0.1) is 5.10 Å². The molecule has 1 aromatic carbocycles. The second kappa shape index (κ2) is 6.08. The number of para-hydroxylation sites is 1. The fourth-order valence-electron chi connectivity index (χ4n) is 2.71. The number of nitrogens with one attached hydrogen (secondary N) is 1. The SMILES string of the molecule is Cc1ccccc1Nc1cnnc(N2CCCC(C)C2)n1. The normalized spacial score (nSPS) is 18.6. The van der Waals surface area contributed by atoms with Crippen LogP contribution in [0.25, 0.3) is 0 Å². The van der Waals surface area contributed by atoms with E-state index in [-0.39, 0.29) is 0 Å². The zero-order valence-electron chi connectivity index (χ0n) is 12.6. The van der Waals surface area contributed by atoms with E-state index in [1.54, 1.807) is 6.20 Å². The molecule has 2 aromatic rings. The average molecular weight is 283 g/mol. The van der Waals surface area contributed by atoms with Gasteiger partial charge in [0.15, 0.2) is 5.82 Å². The van der Waals surface area contributed by atoms with Crippen LogP contribution in [-0.2, 0) is 0 Å². The van der Waals surface area contributed by atoms with Crippen molar-refractivity contribution in [3.05, 3.63) is 36.0 Å². The number of nitrogens with zero attached hydrogens (tertiary/aromatic N) is 4. The van der Waals surface area contributed by atoms with Crippen molar-refractivity contribution < 1.29 is 0 Å². The number of anilines is 3. The molecule has 5 heteroatoms. The average Bonchev–Trinajstić information content (AvgIpc) is 2.50. The number of aryl methyl sites for hydroxylation is 1. The van der Waals surface area contributed by atoms with Crippen LogP contribution >= 0.6 is 0 Å². The Kier molecular flexibility index (Phi) is 3.99. The van der Waals surface area contributed by atoms with Crippen LogP contribution in [0.15, 0.2) is 30.5 Å². The lowest BCUT2D eigenvalue weighted by Gasteiger charge is -2.30. The number of hydrogen-bond acceptors (Lipinski definition) is 5. The Morgan fingerprint density at radius 3 is 2.95 bits per heavy atom. The van der Waals surface area contributed by atoms with Crippen molar-refractivity contribution in [2.75, 3.05) is 23.3 Å². The second-order valence-corrected chi connectivity index (χ2v) is 5.77. The molecule has 1 saturated heterocycles. The zero-order chi connectivity index (χ0) is 14.7. The van der Waals surface area contributed by atoms with Crippen molar-refractivity contribution in [1.29, 1.82) is 0 Å². The zero-order valence-corrected chi connectivity index (χ0v) is 12.6. The van der Waals surface area contributed by atoms with E-state index in [9.17, 15) is 0 Å². The van der Waals surface area contributed by atoms with Crippen molar-refractivity contribution >= 4 is 17.5 Å². The molecule has 1 aliphatic heterocycles. The molecule has 110 valence electrons. The molecule has 1 atom stereocenters. The Balaban J connectivity index is 1.78. The quantitative estimate of drug-likeness (QED) is 0.937. The lowest BCUT2D eigenvalue weighted by Crippen LogP contribution is -2.35. The molecule has 5 nitrogen and oxygen atoms in total. The number of rotatable bonds is 3. The lowest BCUT2D eigenvalue weighted by molar-refractivity contribution is 0.441. The maximum atomic E-state index is 4.61. The maximum absolute atomic E-state index is 4.61. The first-order valence-corrected chi connectivity index (χ1v) is 7.49. The first-order chi connectivity index (χ1) is 10.2. The summed E-state index contributed by atoms with van der Waals surface area (Å²) in [6, 6.07) is 8.15. The first kappa shape index (κ1) is 13.8. The number of piperidine rings is 1. The van der Waals surface area contributed by atoms with Gasteiger partial charge in [0.1, 0.15) is 0 Å². The fourth-order valence-corrected chi connectivity index (χ4v) is 2.71. The standard InChI is InChI=1S/C16H21N5/c1-12-6-5-9-21(11-12)16-19-15(10-17-20-16)18-14-8-4-3-7-13(14)2/h3-4,7-8,10,12H,5-6,9,11H2,1-2H3,(H,18,19,20). The van der Waals surface area contributed by atoms with Gasteiger partial charge >= 0.3 is 0 Å². The van der Waals surface area contributed by atoms with E-state index in [4.69, 9.17) is 0 Å². The molecule has 1 aliphatic rings.